The van der Waals surface area contributed by atoms with Crippen molar-refractivity contribution in [3.05, 3.63) is 23.5 Å². The average Bonchev–Trinajstić information content (AvgIpc) is 2.10. The molecular formula is C7H11NO. The second-order valence-electron chi connectivity index (χ2n) is 2.28. The topological polar surface area (TPSA) is 25.2 Å². The highest BCUT2D eigenvalue weighted by Gasteiger charge is 1.95. The molecule has 0 unspecified atom stereocenters. The number of hydrogen-bond donors (Lipinski definition) is 1. The van der Waals surface area contributed by atoms with Crippen molar-refractivity contribution in [2.24, 2.45) is 7.05 Å². The van der Waals surface area contributed by atoms with E-state index in [0.717, 1.165) is 5.69 Å². The Kier molecular flexibility index (Phi) is 1.58. The molecule has 0 atom stereocenters. The molecule has 0 aliphatic rings. The Labute approximate surface area is 54.7 Å². The minimum atomic E-state index is 0.129. The van der Waals surface area contributed by atoms with Gasteiger partial charge in [0, 0.05) is 18.9 Å². The van der Waals surface area contributed by atoms with E-state index in [0.29, 0.717) is 0 Å². The molecule has 0 fully saturated rings. The van der Waals surface area contributed by atoms with Crippen molar-refractivity contribution in [1.82, 2.24) is 4.57 Å². The van der Waals surface area contributed by atoms with Gasteiger partial charge >= 0.3 is 0 Å². The maximum absolute atomic E-state index is 8.71. The second kappa shape index (κ2) is 2.23. The summed E-state index contributed by atoms with van der Waals surface area (Å²) in [5, 5.41) is 8.71. The third-order valence-electron chi connectivity index (χ3n) is 1.41. The van der Waals surface area contributed by atoms with E-state index >= 15 is 0 Å². The highest BCUT2D eigenvalue weighted by molar-refractivity contribution is 5.15. The molecule has 9 heavy (non-hydrogen) atoms. The Balaban J connectivity index is 3.01. The molecule has 0 amide bonds. The van der Waals surface area contributed by atoms with Crippen molar-refractivity contribution >= 4 is 0 Å². The zero-order valence-electron chi connectivity index (χ0n) is 5.76. The molecule has 0 aliphatic carbocycles. The third kappa shape index (κ3) is 1.13. The lowest BCUT2D eigenvalue weighted by Gasteiger charge is -1.94. The van der Waals surface area contributed by atoms with Crippen LogP contribution in [0.25, 0.3) is 0 Å². The number of aliphatic hydroxyl groups excluding tert-OH is 1. The molecule has 1 aromatic heterocycles. The van der Waals surface area contributed by atoms with Crippen molar-refractivity contribution in [1.29, 1.82) is 0 Å². The summed E-state index contributed by atoms with van der Waals surface area (Å²) in [6.07, 6.45) is 1.99. The Morgan fingerprint density at radius 2 is 2.33 bits per heavy atom. The maximum Gasteiger partial charge on any atom is 0.0832 e. The van der Waals surface area contributed by atoms with Gasteiger partial charge in [-0.05, 0) is 18.6 Å². The van der Waals surface area contributed by atoms with E-state index in [1.807, 2.05) is 30.8 Å². The first-order valence-electron chi connectivity index (χ1n) is 2.96. The molecule has 1 N–H and O–H groups in total. The monoisotopic (exact) mass is 125 g/mol. The zero-order chi connectivity index (χ0) is 6.85. The first-order valence-corrected chi connectivity index (χ1v) is 2.96. The van der Waals surface area contributed by atoms with Gasteiger partial charge in [0.15, 0.2) is 0 Å². The van der Waals surface area contributed by atoms with E-state index in [4.69, 9.17) is 5.11 Å². The molecular weight excluding hydrogens is 114 g/mol. The predicted octanol–water partition coefficient (Wildman–Crippen LogP) is 0.826. The normalized spacial score (nSPS) is 10.1. The number of aromatic nitrogens is 1. The molecule has 2 heteroatoms. The van der Waals surface area contributed by atoms with Crippen LogP contribution in [0.1, 0.15) is 11.3 Å². The Hall–Kier alpha value is -0.760. The summed E-state index contributed by atoms with van der Waals surface area (Å²) in [5.41, 5.74) is 2.16. The van der Waals surface area contributed by atoms with Crippen LogP contribution in [0.3, 0.4) is 0 Å². The van der Waals surface area contributed by atoms with E-state index in [9.17, 15) is 0 Å². The lowest BCUT2D eigenvalue weighted by molar-refractivity contribution is 0.273. The van der Waals surface area contributed by atoms with Crippen LogP contribution in [-0.4, -0.2) is 9.67 Å². The van der Waals surface area contributed by atoms with E-state index in [2.05, 4.69) is 0 Å². The van der Waals surface area contributed by atoms with Crippen LogP contribution in [0.2, 0.25) is 0 Å². The van der Waals surface area contributed by atoms with Gasteiger partial charge in [0.2, 0.25) is 0 Å². The summed E-state index contributed by atoms with van der Waals surface area (Å²) in [4.78, 5) is 0. The molecule has 1 aromatic rings. The van der Waals surface area contributed by atoms with E-state index in [1.165, 1.54) is 5.56 Å². The van der Waals surface area contributed by atoms with Gasteiger partial charge in [0.05, 0.1) is 6.61 Å². The molecule has 1 rings (SSSR count). The third-order valence-corrected chi connectivity index (χ3v) is 1.41. The van der Waals surface area contributed by atoms with Crippen LogP contribution >= 0.6 is 0 Å². The number of aryl methyl sites for hydroxylation is 2. The van der Waals surface area contributed by atoms with Crippen LogP contribution in [0.5, 0.6) is 0 Å². The van der Waals surface area contributed by atoms with Gasteiger partial charge in [-0.15, -0.1) is 0 Å². The van der Waals surface area contributed by atoms with Crippen molar-refractivity contribution in [3.8, 4) is 0 Å². The quantitative estimate of drug-likeness (QED) is 0.590. The Morgan fingerprint density at radius 1 is 1.67 bits per heavy atom. The highest BCUT2D eigenvalue weighted by Crippen LogP contribution is 2.04. The van der Waals surface area contributed by atoms with Crippen LogP contribution in [-0.2, 0) is 13.7 Å². The summed E-state index contributed by atoms with van der Waals surface area (Å²) >= 11 is 0. The molecule has 0 spiro atoms. The second-order valence-corrected chi connectivity index (χ2v) is 2.28. The summed E-state index contributed by atoms with van der Waals surface area (Å²) in [5.74, 6) is 0. The minimum absolute atomic E-state index is 0.129. The molecule has 1 heterocycles. The Morgan fingerprint density at radius 3 is 2.56 bits per heavy atom. The Bertz CT molecular complexity index is 203. The summed E-state index contributed by atoms with van der Waals surface area (Å²) in [6.45, 7) is 2.14. The van der Waals surface area contributed by atoms with Crippen molar-refractivity contribution < 1.29 is 5.11 Å². The predicted molar refractivity (Wildman–Crippen MR) is 36.1 cm³/mol. The van der Waals surface area contributed by atoms with E-state index < -0.39 is 0 Å². The van der Waals surface area contributed by atoms with E-state index in [-0.39, 0.29) is 6.61 Å². The van der Waals surface area contributed by atoms with Crippen molar-refractivity contribution in [3.63, 3.8) is 0 Å². The number of hydrogen-bond acceptors (Lipinski definition) is 1. The van der Waals surface area contributed by atoms with E-state index in [1.54, 1.807) is 0 Å². The number of rotatable bonds is 1. The first kappa shape index (κ1) is 6.36. The highest BCUT2D eigenvalue weighted by atomic mass is 16.3. The van der Waals surface area contributed by atoms with Gasteiger partial charge in [0.25, 0.3) is 0 Å². The van der Waals surface area contributed by atoms with Crippen LogP contribution in [0.4, 0.5) is 0 Å². The first-order chi connectivity index (χ1) is 4.24. The van der Waals surface area contributed by atoms with Crippen molar-refractivity contribution in [2.75, 3.05) is 0 Å². The van der Waals surface area contributed by atoms with Crippen LogP contribution in [0.15, 0.2) is 12.3 Å². The molecule has 0 aliphatic heterocycles. The van der Waals surface area contributed by atoms with Gasteiger partial charge in [-0.1, -0.05) is 0 Å². The summed E-state index contributed by atoms with van der Waals surface area (Å²) < 4.78 is 1.93. The van der Waals surface area contributed by atoms with Gasteiger partial charge in [-0.2, -0.15) is 0 Å². The van der Waals surface area contributed by atoms with Gasteiger partial charge in [-0.3, -0.25) is 0 Å². The minimum Gasteiger partial charge on any atom is -0.390 e. The SMILES string of the molecule is Cc1cc(CO)n(C)c1. The molecule has 0 radical (unpaired) electrons. The summed E-state index contributed by atoms with van der Waals surface area (Å²) in [6, 6.07) is 1.97. The number of aliphatic hydroxyl groups is 1. The van der Waals surface area contributed by atoms with Crippen LogP contribution < -0.4 is 0 Å². The largest absolute Gasteiger partial charge is 0.390 e. The smallest absolute Gasteiger partial charge is 0.0832 e. The van der Waals surface area contributed by atoms with Gasteiger partial charge in [-0.25, -0.2) is 0 Å². The van der Waals surface area contributed by atoms with Gasteiger partial charge in [0.1, 0.15) is 0 Å². The van der Waals surface area contributed by atoms with Crippen molar-refractivity contribution in [2.45, 2.75) is 13.5 Å². The fraction of sp³-hybridized carbons (Fsp3) is 0.429. The zero-order valence-corrected chi connectivity index (χ0v) is 5.76. The molecule has 0 aromatic carbocycles. The molecule has 0 bridgehead atoms. The molecule has 2 nitrogen and oxygen atoms in total. The van der Waals surface area contributed by atoms with Gasteiger partial charge < -0.3 is 9.67 Å². The number of nitrogens with zero attached hydrogens (tertiary/aromatic N) is 1. The lowest BCUT2D eigenvalue weighted by Crippen LogP contribution is -1.92. The fourth-order valence-electron chi connectivity index (χ4n) is 0.947. The molecule has 50 valence electrons. The summed E-state index contributed by atoms with van der Waals surface area (Å²) in [7, 11) is 1.93. The average molecular weight is 125 g/mol. The lowest BCUT2D eigenvalue weighted by atomic mass is 10.3. The fourth-order valence-corrected chi connectivity index (χ4v) is 0.947. The van der Waals surface area contributed by atoms with Crippen LogP contribution in [0, 0.1) is 6.92 Å². The molecule has 0 saturated carbocycles. The standard InChI is InChI=1S/C7H11NO/c1-6-3-7(5-9)8(2)4-6/h3-4,9H,5H2,1-2H3. The maximum atomic E-state index is 8.71. The molecule has 0 saturated heterocycles.